The van der Waals surface area contributed by atoms with Gasteiger partial charge in [-0.1, -0.05) is 36.4 Å². The van der Waals surface area contributed by atoms with E-state index in [1.165, 1.54) is 30.3 Å². The van der Waals surface area contributed by atoms with Gasteiger partial charge in [-0.3, -0.25) is 14.5 Å². The molecule has 2 amide bonds. The molecular formula is C36H22F9NO3. The zero-order valence-corrected chi connectivity index (χ0v) is 24.9. The van der Waals surface area contributed by atoms with Crippen LogP contribution in [0.25, 0.3) is 44.2 Å². The van der Waals surface area contributed by atoms with Gasteiger partial charge in [0, 0.05) is 29.7 Å². The van der Waals surface area contributed by atoms with Crippen LogP contribution in [0.4, 0.5) is 39.5 Å². The van der Waals surface area contributed by atoms with Crippen molar-refractivity contribution in [3.63, 3.8) is 0 Å². The third kappa shape index (κ3) is 6.26. The van der Waals surface area contributed by atoms with Crippen molar-refractivity contribution < 1.29 is 54.2 Å². The summed E-state index contributed by atoms with van der Waals surface area (Å²) in [4.78, 5) is 28.5. The summed E-state index contributed by atoms with van der Waals surface area (Å²) < 4.78 is 121. The van der Waals surface area contributed by atoms with E-state index in [9.17, 15) is 54.2 Å². The molecule has 1 aliphatic rings. The molecule has 0 spiro atoms. The number of benzene rings is 5. The molecule has 1 heterocycles. The van der Waals surface area contributed by atoms with Crippen LogP contribution in [0.3, 0.4) is 0 Å². The van der Waals surface area contributed by atoms with E-state index in [2.05, 4.69) is 0 Å². The van der Waals surface area contributed by atoms with Crippen LogP contribution in [0, 0.1) is 0 Å². The Kier molecular flexibility index (Phi) is 8.30. The standard InChI is InChI=1S/C36H22F9NO3/c37-34(38,39)23-8-2-19(3-9-23)22-16-27-30(21-6-12-25(13-7-21)36(43,44)45)26(20-4-10-24(11-5-20)35(40,41)42)18-29-31(27)28(17-22)32(48)46(33(29)49)14-1-15-47/h2-13,16-18,47H,1,14-15H2. The highest BCUT2D eigenvalue weighted by molar-refractivity contribution is 6.29. The number of amides is 2. The van der Waals surface area contributed by atoms with Crippen molar-refractivity contribution in [3.05, 3.63) is 119 Å². The van der Waals surface area contributed by atoms with E-state index < -0.39 is 47.0 Å². The zero-order valence-electron chi connectivity index (χ0n) is 24.9. The third-order valence-corrected chi connectivity index (χ3v) is 8.30. The van der Waals surface area contributed by atoms with Crippen molar-refractivity contribution in [1.82, 2.24) is 4.90 Å². The Morgan fingerprint density at radius 1 is 0.510 bits per heavy atom. The SMILES string of the molecule is O=C1c2cc(-c3ccc(C(F)(F)F)cc3)cc3c(-c4ccc(C(F)(F)F)cc4)c(-c4ccc(C(F)(F)F)cc4)cc(c23)C(=O)N1CCCO. The minimum atomic E-state index is -4.69. The Morgan fingerprint density at radius 2 is 0.939 bits per heavy atom. The number of carbonyl (C=O) groups excluding carboxylic acids is 2. The molecule has 49 heavy (non-hydrogen) atoms. The molecule has 252 valence electrons. The lowest BCUT2D eigenvalue weighted by Gasteiger charge is -2.29. The molecule has 1 N–H and O–H groups in total. The normalized spacial score (nSPS) is 13.8. The number of aliphatic hydroxyl groups is 1. The fourth-order valence-corrected chi connectivity index (χ4v) is 5.94. The molecule has 6 rings (SSSR count). The van der Waals surface area contributed by atoms with Gasteiger partial charge in [0.2, 0.25) is 0 Å². The molecule has 0 radical (unpaired) electrons. The van der Waals surface area contributed by atoms with Crippen molar-refractivity contribution in [1.29, 1.82) is 0 Å². The zero-order chi connectivity index (χ0) is 35.5. The van der Waals surface area contributed by atoms with Gasteiger partial charge >= 0.3 is 18.5 Å². The topological polar surface area (TPSA) is 57.6 Å². The second-order valence-corrected chi connectivity index (χ2v) is 11.4. The number of imide groups is 1. The molecule has 1 aliphatic heterocycles. The molecule has 0 fully saturated rings. The smallest absolute Gasteiger partial charge is 0.396 e. The van der Waals surface area contributed by atoms with Crippen LogP contribution < -0.4 is 0 Å². The van der Waals surface area contributed by atoms with Crippen LogP contribution in [0.2, 0.25) is 0 Å². The number of hydrogen-bond acceptors (Lipinski definition) is 3. The van der Waals surface area contributed by atoms with Gasteiger partial charge in [-0.15, -0.1) is 0 Å². The molecule has 4 nitrogen and oxygen atoms in total. The van der Waals surface area contributed by atoms with Gasteiger partial charge in [0.15, 0.2) is 0 Å². The summed E-state index contributed by atoms with van der Waals surface area (Å²) in [5.41, 5.74) is -1.86. The van der Waals surface area contributed by atoms with Gasteiger partial charge < -0.3 is 5.11 Å². The number of halogens is 9. The van der Waals surface area contributed by atoms with Crippen LogP contribution >= 0.6 is 0 Å². The third-order valence-electron chi connectivity index (χ3n) is 8.30. The molecular weight excluding hydrogens is 665 g/mol. The maximum Gasteiger partial charge on any atom is 0.416 e. The lowest BCUT2D eigenvalue weighted by atomic mass is 9.82. The highest BCUT2D eigenvalue weighted by Gasteiger charge is 2.36. The minimum Gasteiger partial charge on any atom is -0.396 e. The number of alkyl halides is 9. The van der Waals surface area contributed by atoms with Crippen LogP contribution in [0.5, 0.6) is 0 Å². The first-order chi connectivity index (χ1) is 23.0. The number of aliphatic hydroxyl groups excluding tert-OH is 1. The Morgan fingerprint density at radius 3 is 1.39 bits per heavy atom. The average molecular weight is 688 g/mol. The van der Waals surface area contributed by atoms with Crippen molar-refractivity contribution in [2.75, 3.05) is 13.2 Å². The maximum atomic E-state index is 13.8. The molecule has 0 saturated heterocycles. The first-order valence-electron chi connectivity index (χ1n) is 14.6. The number of carbonyl (C=O) groups is 2. The summed E-state index contributed by atoms with van der Waals surface area (Å²) in [6.07, 6.45) is -14.0. The fourth-order valence-electron chi connectivity index (χ4n) is 5.94. The summed E-state index contributed by atoms with van der Waals surface area (Å²) in [6.45, 7) is -0.565. The molecule has 0 atom stereocenters. The summed E-state index contributed by atoms with van der Waals surface area (Å²) in [7, 11) is 0. The Balaban J connectivity index is 1.70. The summed E-state index contributed by atoms with van der Waals surface area (Å²) in [5.74, 6) is -1.55. The van der Waals surface area contributed by atoms with E-state index in [-0.39, 0.29) is 74.9 Å². The molecule has 0 saturated carbocycles. The van der Waals surface area contributed by atoms with Gasteiger partial charge in [-0.25, -0.2) is 0 Å². The van der Waals surface area contributed by atoms with Crippen LogP contribution in [-0.2, 0) is 18.5 Å². The minimum absolute atomic E-state index is 0.0178. The Labute approximate surface area is 272 Å². The number of hydrogen-bond donors (Lipinski definition) is 1. The fraction of sp³-hybridized carbons (Fsp3) is 0.167. The second kappa shape index (κ2) is 12.1. The van der Waals surface area contributed by atoms with E-state index in [4.69, 9.17) is 0 Å². The molecule has 5 aromatic carbocycles. The van der Waals surface area contributed by atoms with Crippen LogP contribution in [0.1, 0.15) is 43.8 Å². The van der Waals surface area contributed by atoms with Gasteiger partial charge in [-0.05, 0) is 99.8 Å². The predicted molar refractivity (Wildman–Crippen MR) is 162 cm³/mol. The van der Waals surface area contributed by atoms with Crippen molar-refractivity contribution in [2.45, 2.75) is 24.9 Å². The second-order valence-electron chi connectivity index (χ2n) is 11.4. The molecule has 0 aromatic heterocycles. The molecule has 0 unspecified atom stereocenters. The van der Waals surface area contributed by atoms with E-state index in [0.717, 1.165) is 65.6 Å². The molecule has 0 bridgehead atoms. The van der Waals surface area contributed by atoms with Gasteiger partial charge in [0.25, 0.3) is 11.8 Å². The quantitative estimate of drug-likeness (QED) is 0.143. The summed E-state index contributed by atoms with van der Waals surface area (Å²) in [6, 6.07) is 16.1. The van der Waals surface area contributed by atoms with Gasteiger partial charge in [-0.2, -0.15) is 39.5 Å². The predicted octanol–water partition coefficient (Wildman–Crippen LogP) is 9.88. The lowest BCUT2D eigenvalue weighted by molar-refractivity contribution is -0.138. The van der Waals surface area contributed by atoms with E-state index in [0.29, 0.717) is 0 Å². The number of nitrogens with zero attached hydrogens (tertiary/aromatic N) is 1. The van der Waals surface area contributed by atoms with Gasteiger partial charge in [0.1, 0.15) is 0 Å². The highest BCUT2D eigenvalue weighted by Crippen LogP contribution is 2.46. The average Bonchev–Trinajstić information content (AvgIpc) is 3.05. The largest absolute Gasteiger partial charge is 0.416 e. The molecule has 13 heteroatoms. The summed E-state index contributed by atoms with van der Waals surface area (Å²) in [5, 5.41) is 9.68. The van der Waals surface area contributed by atoms with Crippen LogP contribution in [0.15, 0.2) is 91.0 Å². The van der Waals surface area contributed by atoms with Gasteiger partial charge in [0.05, 0.1) is 16.7 Å². The Bertz CT molecular complexity index is 2060. The monoisotopic (exact) mass is 687 g/mol. The number of rotatable bonds is 6. The van der Waals surface area contributed by atoms with E-state index >= 15 is 0 Å². The van der Waals surface area contributed by atoms with E-state index in [1.807, 2.05) is 0 Å². The first-order valence-corrected chi connectivity index (χ1v) is 14.6. The van der Waals surface area contributed by atoms with Crippen molar-refractivity contribution >= 4 is 22.6 Å². The summed E-state index contributed by atoms with van der Waals surface area (Å²) >= 11 is 0. The van der Waals surface area contributed by atoms with Crippen molar-refractivity contribution in [3.8, 4) is 33.4 Å². The first kappa shape index (κ1) is 33.7. The molecule has 0 aliphatic carbocycles. The Hall–Kier alpha value is -5.17. The lowest BCUT2D eigenvalue weighted by Crippen LogP contribution is -2.41. The van der Waals surface area contributed by atoms with Crippen LogP contribution in [-0.4, -0.2) is 35.0 Å². The molecule has 5 aromatic rings. The maximum absolute atomic E-state index is 13.8. The highest BCUT2D eigenvalue weighted by atomic mass is 19.4. The van der Waals surface area contributed by atoms with E-state index in [1.54, 1.807) is 0 Å². The van der Waals surface area contributed by atoms with Crippen molar-refractivity contribution in [2.24, 2.45) is 0 Å².